The Balaban J connectivity index is 1.92. The van der Waals surface area contributed by atoms with Gasteiger partial charge >= 0.3 is 0 Å². The van der Waals surface area contributed by atoms with Crippen molar-refractivity contribution < 1.29 is 4.79 Å². The van der Waals surface area contributed by atoms with Crippen LogP contribution in [0.1, 0.15) is 18.7 Å². The van der Waals surface area contributed by atoms with E-state index < -0.39 is 0 Å². The van der Waals surface area contributed by atoms with Crippen molar-refractivity contribution in [1.29, 1.82) is 0 Å². The Kier molecular flexibility index (Phi) is 3.92. The van der Waals surface area contributed by atoms with Gasteiger partial charge < -0.3 is 14.4 Å². The summed E-state index contributed by atoms with van der Waals surface area (Å²) in [6, 6.07) is 8.03. The molecule has 0 radical (unpaired) electrons. The molecule has 0 spiro atoms. The summed E-state index contributed by atoms with van der Waals surface area (Å²) in [7, 11) is 4.04. The summed E-state index contributed by atoms with van der Waals surface area (Å²) in [5.74, 6) is 1.16. The highest BCUT2D eigenvalue weighted by Gasteiger charge is 2.20. The van der Waals surface area contributed by atoms with Gasteiger partial charge in [-0.3, -0.25) is 4.79 Å². The summed E-state index contributed by atoms with van der Waals surface area (Å²) in [6.07, 6.45) is 2.25. The molecule has 112 valence electrons. The van der Waals surface area contributed by atoms with Gasteiger partial charge in [-0.1, -0.05) is 12.1 Å². The van der Waals surface area contributed by atoms with E-state index in [0.717, 1.165) is 49.3 Å². The van der Waals surface area contributed by atoms with Crippen molar-refractivity contribution in [1.82, 2.24) is 19.4 Å². The summed E-state index contributed by atoms with van der Waals surface area (Å²) >= 11 is 0. The molecular formula is C16H22N4O. The van der Waals surface area contributed by atoms with Crippen LogP contribution in [0.2, 0.25) is 0 Å². The molecule has 0 unspecified atom stereocenters. The molecule has 1 aliphatic rings. The standard InChI is InChI=1S/C16H22N4O/c1-18(2)11-15-17-13-7-3-4-8-14(13)20(15)12-16(21)19-9-5-6-10-19/h3-4,7-8H,5-6,9-12H2,1-2H3. The third kappa shape index (κ3) is 2.93. The van der Waals surface area contributed by atoms with Crippen LogP contribution in [0.25, 0.3) is 11.0 Å². The Hall–Kier alpha value is -1.88. The van der Waals surface area contributed by atoms with E-state index in [2.05, 4.69) is 14.5 Å². The largest absolute Gasteiger partial charge is 0.341 e. The maximum atomic E-state index is 12.5. The number of rotatable bonds is 4. The molecule has 2 aromatic rings. The first kappa shape index (κ1) is 14.1. The van der Waals surface area contributed by atoms with E-state index in [-0.39, 0.29) is 5.91 Å². The van der Waals surface area contributed by atoms with Crippen molar-refractivity contribution in [3.8, 4) is 0 Å². The van der Waals surface area contributed by atoms with Crippen molar-refractivity contribution in [3.05, 3.63) is 30.1 Å². The van der Waals surface area contributed by atoms with Gasteiger partial charge in [-0.15, -0.1) is 0 Å². The molecule has 1 aliphatic heterocycles. The minimum atomic E-state index is 0.204. The van der Waals surface area contributed by atoms with E-state index in [0.29, 0.717) is 6.54 Å². The highest BCUT2D eigenvalue weighted by molar-refractivity contribution is 5.81. The molecule has 0 aliphatic carbocycles. The Bertz CT molecular complexity index is 641. The number of imidazole rings is 1. The molecule has 1 fully saturated rings. The summed E-state index contributed by atoms with van der Waals surface area (Å²) in [6.45, 7) is 2.93. The molecule has 1 amide bonds. The van der Waals surface area contributed by atoms with Gasteiger partial charge in [0.2, 0.25) is 5.91 Å². The first-order valence-electron chi connectivity index (χ1n) is 7.52. The van der Waals surface area contributed by atoms with Gasteiger partial charge in [-0.25, -0.2) is 4.98 Å². The van der Waals surface area contributed by atoms with Crippen LogP contribution >= 0.6 is 0 Å². The molecule has 3 rings (SSSR count). The molecule has 21 heavy (non-hydrogen) atoms. The lowest BCUT2D eigenvalue weighted by atomic mass is 10.3. The van der Waals surface area contributed by atoms with E-state index in [9.17, 15) is 4.79 Å². The number of hydrogen-bond donors (Lipinski definition) is 0. The highest BCUT2D eigenvalue weighted by Crippen LogP contribution is 2.18. The number of aromatic nitrogens is 2. The number of para-hydroxylation sites is 2. The lowest BCUT2D eigenvalue weighted by molar-refractivity contribution is -0.130. The number of benzene rings is 1. The fourth-order valence-corrected chi connectivity index (χ4v) is 2.91. The Labute approximate surface area is 125 Å². The van der Waals surface area contributed by atoms with Crippen LogP contribution in [-0.4, -0.2) is 52.4 Å². The highest BCUT2D eigenvalue weighted by atomic mass is 16.2. The van der Waals surface area contributed by atoms with Crippen LogP contribution in [-0.2, 0) is 17.9 Å². The smallest absolute Gasteiger partial charge is 0.242 e. The van der Waals surface area contributed by atoms with Crippen LogP contribution in [0.15, 0.2) is 24.3 Å². The molecule has 0 saturated carbocycles. The second-order valence-electron chi connectivity index (χ2n) is 5.93. The summed E-state index contributed by atoms with van der Waals surface area (Å²) in [5.41, 5.74) is 2.01. The zero-order valence-corrected chi connectivity index (χ0v) is 12.7. The predicted molar refractivity (Wildman–Crippen MR) is 82.9 cm³/mol. The molecule has 1 saturated heterocycles. The normalized spacial score (nSPS) is 15.3. The number of amides is 1. The van der Waals surface area contributed by atoms with Crippen molar-refractivity contribution in [3.63, 3.8) is 0 Å². The average molecular weight is 286 g/mol. The molecule has 0 atom stereocenters. The van der Waals surface area contributed by atoms with Gasteiger partial charge in [0.1, 0.15) is 12.4 Å². The molecular weight excluding hydrogens is 264 g/mol. The lowest BCUT2D eigenvalue weighted by Crippen LogP contribution is -2.32. The van der Waals surface area contributed by atoms with Gasteiger partial charge in [0.05, 0.1) is 17.6 Å². The monoisotopic (exact) mass is 286 g/mol. The Morgan fingerprint density at radius 2 is 1.95 bits per heavy atom. The predicted octanol–water partition coefficient (Wildman–Crippen LogP) is 1.72. The number of fused-ring (bicyclic) bond motifs is 1. The molecule has 0 bridgehead atoms. The van der Waals surface area contributed by atoms with Crippen molar-refractivity contribution in [2.75, 3.05) is 27.2 Å². The van der Waals surface area contributed by atoms with Gasteiger partial charge in [-0.2, -0.15) is 0 Å². The van der Waals surface area contributed by atoms with Crippen molar-refractivity contribution in [2.45, 2.75) is 25.9 Å². The second-order valence-corrected chi connectivity index (χ2v) is 5.93. The van der Waals surface area contributed by atoms with Crippen LogP contribution in [0.3, 0.4) is 0 Å². The summed E-state index contributed by atoms with van der Waals surface area (Å²) < 4.78 is 2.07. The molecule has 2 heterocycles. The molecule has 0 N–H and O–H groups in total. The fraction of sp³-hybridized carbons (Fsp3) is 0.500. The van der Waals surface area contributed by atoms with Crippen molar-refractivity contribution >= 4 is 16.9 Å². The van der Waals surface area contributed by atoms with Crippen molar-refractivity contribution in [2.24, 2.45) is 0 Å². The third-order valence-corrected chi connectivity index (χ3v) is 3.94. The third-order valence-electron chi connectivity index (χ3n) is 3.94. The van der Waals surface area contributed by atoms with Gasteiger partial charge in [0.15, 0.2) is 0 Å². The van der Waals surface area contributed by atoms with Crippen LogP contribution < -0.4 is 0 Å². The lowest BCUT2D eigenvalue weighted by Gasteiger charge is -2.18. The number of nitrogens with zero attached hydrogens (tertiary/aromatic N) is 4. The zero-order chi connectivity index (χ0) is 14.8. The molecule has 1 aromatic heterocycles. The first-order valence-corrected chi connectivity index (χ1v) is 7.52. The van der Waals surface area contributed by atoms with E-state index in [1.54, 1.807) is 0 Å². The fourth-order valence-electron chi connectivity index (χ4n) is 2.91. The number of hydrogen-bond acceptors (Lipinski definition) is 3. The maximum absolute atomic E-state index is 12.5. The quantitative estimate of drug-likeness (QED) is 0.859. The second kappa shape index (κ2) is 5.85. The van der Waals surface area contributed by atoms with E-state index in [4.69, 9.17) is 0 Å². The summed E-state index contributed by atoms with van der Waals surface area (Å²) in [5, 5.41) is 0. The average Bonchev–Trinajstić information content (AvgIpc) is 3.07. The minimum absolute atomic E-state index is 0.204. The number of likely N-dealkylation sites (tertiary alicyclic amines) is 1. The zero-order valence-electron chi connectivity index (χ0n) is 12.7. The van der Waals surface area contributed by atoms with Crippen LogP contribution in [0.4, 0.5) is 0 Å². The first-order chi connectivity index (χ1) is 10.1. The maximum Gasteiger partial charge on any atom is 0.242 e. The van der Waals surface area contributed by atoms with E-state index in [1.807, 2.05) is 43.3 Å². The van der Waals surface area contributed by atoms with Gasteiger partial charge in [-0.05, 0) is 39.1 Å². The van der Waals surface area contributed by atoms with Gasteiger partial charge in [0, 0.05) is 13.1 Å². The van der Waals surface area contributed by atoms with Gasteiger partial charge in [0.25, 0.3) is 0 Å². The topological polar surface area (TPSA) is 41.4 Å². The SMILES string of the molecule is CN(C)Cc1nc2ccccc2n1CC(=O)N1CCCC1. The number of carbonyl (C=O) groups excluding carboxylic acids is 1. The molecule has 1 aromatic carbocycles. The summed E-state index contributed by atoms with van der Waals surface area (Å²) in [4.78, 5) is 21.2. The molecule has 5 nitrogen and oxygen atoms in total. The Morgan fingerprint density at radius 3 is 2.67 bits per heavy atom. The van der Waals surface area contributed by atoms with E-state index in [1.165, 1.54) is 0 Å². The van der Waals surface area contributed by atoms with Crippen LogP contribution in [0.5, 0.6) is 0 Å². The van der Waals surface area contributed by atoms with Crippen LogP contribution in [0, 0.1) is 0 Å². The number of carbonyl (C=O) groups is 1. The Morgan fingerprint density at radius 1 is 1.24 bits per heavy atom. The minimum Gasteiger partial charge on any atom is -0.341 e. The molecule has 5 heteroatoms. The van der Waals surface area contributed by atoms with E-state index >= 15 is 0 Å².